The number of nitrogens with one attached hydrogen (secondary N) is 1. The van der Waals surface area contributed by atoms with Crippen molar-refractivity contribution in [2.45, 2.75) is 20.4 Å². The Morgan fingerprint density at radius 2 is 1.86 bits per heavy atom. The smallest absolute Gasteiger partial charge is 0.254 e. The molecule has 5 nitrogen and oxygen atoms in total. The zero-order valence-electron chi connectivity index (χ0n) is 17.1. The van der Waals surface area contributed by atoms with Gasteiger partial charge in [-0.2, -0.15) is 0 Å². The van der Waals surface area contributed by atoms with Gasteiger partial charge in [0, 0.05) is 5.56 Å². The lowest BCUT2D eigenvalue weighted by Gasteiger charge is -2.31. The molecule has 6 heteroatoms. The second-order valence-corrected chi connectivity index (χ2v) is 9.14. The molecule has 0 unspecified atom stereocenters. The van der Waals surface area contributed by atoms with Crippen LogP contribution in [0.3, 0.4) is 0 Å². The van der Waals surface area contributed by atoms with Crippen molar-refractivity contribution >= 4 is 27.5 Å². The number of rotatable bonds is 6. The van der Waals surface area contributed by atoms with Crippen molar-refractivity contribution in [1.82, 2.24) is 9.88 Å². The molecule has 4 rings (SSSR count). The van der Waals surface area contributed by atoms with Crippen molar-refractivity contribution in [3.05, 3.63) is 59.1 Å². The number of aromatic nitrogens is 1. The van der Waals surface area contributed by atoms with Crippen molar-refractivity contribution in [2.75, 3.05) is 32.8 Å². The predicted molar refractivity (Wildman–Crippen MR) is 117 cm³/mol. The molecule has 152 valence electrons. The van der Waals surface area contributed by atoms with Gasteiger partial charge in [0.15, 0.2) is 0 Å². The third-order valence-electron chi connectivity index (χ3n) is 5.18. The molecule has 0 spiro atoms. The van der Waals surface area contributed by atoms with Crippen LogP contribution in [0, 0.1) is 5.92 Å². The van der Waals surface area contributed by atoms with Gasteiger partial charge >= 0.3 is 0 Å². The fourth-order valence-corrected chi connectivity index (χ4v) is 4.59. The Hall–Kier alpha value is -2.44. The van der Waals surface area contributed by atoms with Crippen LogP contribution >= 0.6 is 11.3 Å². The highest BCUT2D eigenvalue weighted by Crippen LogP contribution is 2.21. The third kappa shape index (κ3) is 4.95. The summed E-state index contributed by atoms with van der Waals surface area (Å²) in [4.78, 5) is 21.0. The number of ether oxygens (including phenoxy) is 1. The third-order valence-corrected chi connectivity index (χ3v) is 6.22. The Morgan fingerprint density at radius 3 is 2.55 bits per heavy atom. The summed E-state index contributed by atoms with van der Waals surface area (Å²) in [6.45, 7) is 9.34. The molecule has 0 atom stereocenters. The van der Waals surface area contributed by atoms with E-state index in [0.717, 1.165) is 49.6 Å². The molecule has 2 heterocycles. The molecule has 1 N–H and O–H groups in total. The molecule has 1 amide bonds. The van der Waals surface area contributed by atoms with Crippen LogP contribution in [-0.2, 0) is 6.54 Å². The largest absolute Gasteiger partial charge is 0.493 e. The Balaban J connectivity index is 1.30. The first-order chi connectivity index (χ1) is 14.1. The number of para-hydroxylation sites is 1. The maximum absolute atomic E-state index is 12.8. The number of nitrogens with zero attached hydrogens (tertiary/aromatic N) is 2. The molecular formula is C23H28N3O2S+. The lowest BCUT2D eigenvalue weighted by molar-refractivity contribution is -0.917. The van der Waals surface area contributed by atoms with Gasteiger partial charge in [0.2, 0.25) is 0 Å². The lowest BCUT2D eigenvalue weighted by Crippen LogP contribution is -3.13. The van der Waals surface area contributed by atoms with E-state index in [1.165, 1.54) is 14.6 Å². The molecule has 0 radical (unpaired) electrons. The van der Waals surface area contributed by atoms with Crippen molar-refractivity contribution in [3.63, 3.8) is 0 Å². The molecule has 1 aromatic heterocycles. The zero-order chi connectivity index (χ0) is 20.2. The topological polar surface area (TPSA) is 46.9 Å². The maximum Gasteiger partial charge on any atom is 0.254 e. The minimum absolute atomic E-state index is 0.111. The summed E-state index contributed by atoms with van der Waals surface area (Å²) in [5, 5.41) is 1.18. The number of hydrogen-bond donors (Lipinski definition) is 1. The summed E-state index contributed by atoms with van der Waals surface area (Å²) in [6, 6.07) is 15.8. The van der Waals surface area contributed by atoms with Crippen LogP contribution in [-0.4, -0.2) is 48.6 Å². The van der Waals surface area contributed by atoms with E-state index >= 15 is 0 Å². The van der Waals surface area contributed by atoms with Crippen LogP contribution in [0.15, 0.2) is 48.5 Å². The fraction of sp³-hybridized carbons (Fsp3) is 0.391. The Labute approximate surface area is 175 Å². The van der Waals surface area contributed by atoms with Gasteiger partial charge in [-0.05, 0) is 42.3 Å². The number of piperazine rings is 1. The van der Waals surface area contributed by atoms with Crippen molar-refractivity contribution in [3.8, 4) is 5.75 Å². The predicted octanol–water partition coefficient (Wildman–Crippen LogP) is 2.87. The van der Waals surface area contributed by atoms with E-state index in [-0.39, 0.29) is 5.91 Å². The molecular weight excluding hydrogens is 382 g/mol. The number of carbonyl (C=O) groups excluding carboxylic acids is 1. The standard InChI is InChI=1S/C23H27N3O2S/c1-17(2)16-28-19-9-7-18(8-10-19)23(27)26-13-11-25(12-14-26)15-22-24-20-5-3-4-6-21(20)29-22/h3-10,17H,11-16H2,1-2H3/p+1. The first-order valence-electron chi connectivity index (χ1n) is 10.3. The minimum atomic E-state index is 0.111. The first kappa shape index (κ1) is 19.9. The van der Waals surface area contributed by atoms with E-state index in [0.29, 0.717) is 12.5 Å². The highest BCUT2D eigenvalue weighted by atomic mass is 32.1. The van der Waals surface area contributed by atoms with Gasteiger partial charge in [0.05, 0.1) is 43.0 Å². The molecule has 1 aliphatic rings. The number of benzene rings is 2. The highest BCUT2D eigenvalue weighted by molar-refractivity contribution is 7.18. The molecule has 2 aromatic carbocycles. The van der Waals surface area contributed by atoms with E-state index < -0.39 is 0 Å². The quantitative estimate of drug-likeness (QED) is 0.680. The summed E-state index contributed by atoms with van der Waals surface area (Å²) >= 11 is 1.78. The number of carbonyl (C=O) groups is 1. The maximum atomic E-state index is 12.8. The monoisotopic (exact) mass is 410 g/mol. The Kier molecular flexibility index (Phi) is 6.11. The van der Waals surface area contributed by atoms with Gasteiger partial charge in [-0.1, -0.05) is 26.0 Å². The average Bonchev–Trinajstić information content (AvgIpc) is 3.15. The van der Waals surface area contributed by atoms with Gasteiger partial charge in [-0.15, -0.1) is 11.3 Å². The van der Waals surface area contributed by atoms with Crippen LogP contribution in [0.1, 0.15) is 29.2 Å². The molecule has 0 bridgehead atoms. The van der Waals surface area contributed by atoms with Crippen molar-refractivity contribution in [2.24, 2.45) is 5.92 Å². The normalized spacial score (nSPS) is 15.2. The van der Waals surface area contributed by atoms with Gasteiger partial charge in [0.1, 0.15) is 17.3 Å². The number of amides is 1. The molecule has 1 fully saturated rings. The number of quaternary nitrogens is 1. The van der Waals surface area contributed by atoms with Crippen molar-refractivity contribution in [1.29, 1.82) is 0 Å². The van der Waals surface area contributed by atoms with Gasteiger partial charge < -0.3 is 14.5 Å². The highest BCUT2D eigenvalue weighted by Gasteiger charge is 2.25. The summed E-state index contributed by atoms with van der Waals surface area (Å²) in [7, 11) is 0. The van der Waals surface area contributed by atoms with E-state index in [1.54, 1.807) is 11.3 Å². The zero-order valence-corrected chi connectivity index (χ0v) is 17.9. The molecule has 0 aliphatic carbocycles. The lowest BCUT2D eigenvalue weighted by atomic mass is 10.1. The van der Waals surface area contributed by atoms with E-state index in [4.69, 9.17) is 9.72 Å². The summed E-state index contributed by atoms with van der Waals surface area (Å²) in [6.07, 6.45) is 0. The van der Waals surface area contributed by atoms with Gasteiger partial charge in [-0.3, -0.25) is 4.79 Å². The molecule has 29 heavy (non-hydrogen) atoms. The van der Waals surface area contributed by atoms with Crippen LogP contribution in [0.5, 0.6) is 5.75 Å². The second-order valence-electron chi connectivity index (χ2n) is 8.02. The summed E-state index contributed by atoms with van der Waals surface area (Å²) in [5.74, 6) is 1.41. The average molecular weight is 411 g/mol. The van der Waals surface area contributed by atoms with Crippen LogP contribution in [0.25, 0.3) is 10.2 Å². The molecule has 0 saturated carbocycles. The molecule has 1 aliphatic heterocycles. The minimum Gasteiger partial charge on any atom is -0.493 e. The van der Waals surface area contributed by atoms with Gasteiger partial charge in [-0.25, -0.2) is 4.98 Å². The first-order valence-corrected chi connectivity index (χ1v) is 11.1. The van der Waals surface area contributed by atoms with E-state index in [9.17, 15) is 4.79 Å². The number of fused-ring (bicyclic) bond motifs is 1. The van der Waals surface area contributed by atoms with Crippen LogP contribution in [0.4, 0.5) is 0 Å². The second kappa shape index (κ2) is 8.93. The Bertz CT molecular complexity index is 927. The van der Waals surface area contributed by atoms with Gasteiger partial charge in [0.25, 0.3) is 5.91 Å². The fourth-order valence-electron chi connectivity index (χ4n) is 3.55. The van der Waals surface area contributed by atoms with Crippen molar-refractivity contribution < 1.29 is 14.4 Å². The van der Waals surface area contributed by atoms with E-state index in [1.807, 2.05) is 35.2 Å². The summed E-state index contributed by atoms with van der Waals surface area (Å²) in [5.41, 5.74) is 1.82. The Morgan fingerprint density at radius 1 is 1.14 bits per heavy atom. The number of hydrogen-bond acceptors (Lipinski definition) is 4. The number of thiazole rings is 1. The SMILES string of the molecule is CC(C)COc1ccc(C(=O)N2CC[NH+](Cc3nc4ccccc4s3)CC2)cc1. The van der Waals surface area contributed by atoms with Crippen LogP contribution in [0.2, 0.25) is 0 Å². The summed E-state index contributed by atoms with van der Waals surface area (Å²) < 4.78 is 6.95. The van der Waals surface area contributed by atoms with E-state index in [2.05, 4.69) is 32.0 Å². The molecule has 3 aromatic rings. The molecule has 1 saturated heterocycles. The van der Waals surface area contributed by atoms with Crippen LogP contribution < -0.4 is 9.64 Å².